The summed E-state index contributed by atoms with van der Waals surface area (Å²) in [4.78, 5) is 2.11. The minimum absolute atomic E-state index is 0.104. The Labute approximate surface area is 113 Å². The van der Waals surface area contributed by atoms with Crippen molar-refractivity contribution in [3.05, 3.63) is 35.6 Å². The minimum atomic E-state index is -0.817. The molecule has 3 nitrogen and oxygen atoms in total. The molecule has 1 aromatic rings. The van der Waals surface area contributed by atoms with E-state index in [4.69, 9.17) is 0 Å². The molecule has 1 aromatic carbocycles. The van der Waals surface area contributed by atoms with Crippen LogP contribution in [0, 0.1) is 11.2 Å². The molecule has 106 valence electrons. The average molecular weight is 267 g/mol. The highest BCUT2D eigenvalue weighted by Gasteiger charge is 2.31. The number of benzene rings is 1. The quantitative estimate of drug-likeness (QED) is 0.876. The first-order valence-corrected chi connectivity index (χ1v) is 6.80. The maximum atomic E-state index is 13.6. The van der Waals surface area contributed by atoms with Gasteiger partial charge < -0.3 is 10.2 Å². The van der Waals surface area contributed by atoms with Crippen LogP contribution in [0.3, 0.4) is 0 Å². The van der Waals surface area contributed by atoms with Crippen LogP contribution < -0.4 is 0 Å². The predicted octanol–water partition coefficient (Wildman–Crippen LogP) is 1.95. The summed E-state index contributed by atoms with van der Waals surface area (Å²) in [7, 11) is 0. The fraction of sp³-hybridized carbons (Fsp3) is 0.600. The van der Waals surface area contributed by atoms with Crippen LogP contribution in [0.5, 0.6) is 0 Å². The van der Waals surface area contributed by atoms with Crippen LogP contribution in [0.2, 0.25) is 0 Å². The van der Waals surface area contributed by atoms with Crippen LogP contribution in [0.4, 0.5) is 4.39 Å². The first-order valence-electron chi connectivity index (χ1n) is 6.80. The Hall–Kier alpha value is -0.970. The van der Waals surface area contributed by atoms with E-state index >= 15 is 0 Å². The molecule has 1 saturated heterocycles. The van der Waals surface area contributed by atoms with Crippen LogP contribution in [0.25, 0.3) is 0 Å². The predicted molar refractivity (Wildman–Crippen MR) is 72.2 cm³/mol. The van der Waals surface area contributed by atoms with Crippen molar-refractivity contribution >= 4 is 0 Å². The van der Waals surface area contributed by atoms with Gasteiger partial charge in [0.05, 0.1) is 6.10 Å². The van der Waals surface area contributed by atoms with Crippen LogP contribution >= 0.6 is 0 Å². The number of hydrogen-bond donors (Lipinski definition) is 2. The maximum Gasteiger partial charge on any atom is 0.129 e. The molecule has 0 unspecified atom stereocenters. The van der Waals surface area contributed by atoms with Crippen molar-refractivity contribution in [3.8, 4) is 0 Å². The molecule has 0 aliphatic carbocycles. The maximum absolute atomic E-state index is 13.6. The summed E-state index contributed by atoms with van der Waals surface area (Å²) in [6.07, 6.45) is 1.18. The van der Waals surface area contributed by atoms with Crippen LogP contribution in [-0.4, -0.2) is 41.4 Å². The number of halogens is 1. The summed E-state index contributed by atoms with van der Waals surface area (Å²) in [5, 5.41) is 19.6. The van der Waals surface area contributed by atoms with E-state index < -0.39 is 6.10 Å². The van der Waals surface area contributed by atoms with Gasteiger partial charge in [0.15, 0.2) is 0 Å². The van der Waals surface area contributed by atoms with Gasteiger partial charge in [0.2, 0.25) is 0 Å². The molecule has 0 spiro atoms. The van der Waals surface area contributed by atoms with E-state index in [9.17, 15) is 14.6 Å². The van der Waals surface area contributed by atoms with Crippen LogP contribution in [0.1, 0.15) is 31.4 Å². The van der Waals surface area contributed by atoms with Gasteiger partial charge in [-0.3, -0.25) is 4.90 Å². The van der Waals surface area contributed by atoms with E-state index in [2.05, 4.69) is 11.8 Å². The molecule has 1 heterocycles. The summed E-state index contributed by atoms with van der Waals surface area (Å²) in [5.41, 5.74) is 0.242. The van der Waals surface area contributed by atoms with E-state index in [1.165, 1.54) is 6.07 Å². The molecule has 2 atom stereocenters. The van der Waals surface area contributed by atoms with Crippen LogP contribution in [0.15, 0.2) is 24.3 Å². The molecule has 0 bridgehead atoms. The normalized spacial score (nSPS) is 26.3. The van der Waals surface area contributed by atoms with E-state index in [1.54, 1.807) is 18.2 Å². The lowest BCUT2D eigenvalue weighted by atomic mass is 9.82. The SMILES string of the molecule is C[C@]1(CO)CCCN(C[C@H](O)c2ccccc2F)C1. The first-order chi connectivity index (χ1) is 9.04. The van der Waals surface area contributed by atoms with Crippen molar-refractivity contribution in [2.45, 2.75) is 25.9 Å². The second-order valence-corrected chi connectivity index (χ2v) is 5.84. The Morgan fingerprint density at radius 3 is 2.84 bits per heavy atom. The van der Waals surface area contributed by atoms with E-state index in [0.717, 1.165) is 25.9 Å². The van der Waals surface area contributed by atoms with E-state index in [1.807, 2.05) is 0 Å². The number of aliphatic hydroxyl groups is 2. The molecule has 2 N–H and O–H groups in total. The average Bonchev–Trinajstić information content (AvgIpc) is 2.39. The Bertz CT molecular complexity index is 426. The zero-order valence-electron chi connectivity index (χ0n) is 11.3. The smallest absolute Gasteiger partial charge is 0.129 e. The van der Waals surface area contributed by atoms with E-state index in [0.29, 0.717) is 12.1 Å². The number of aliphatic hydroxyl groups excluding tert-OH is 2. The second kappa shape index (κ2) is 5.99. The zero-order chi connectivity index (χ0) is 13.9. The molecule has 0 saturated carbocycles. The Kier molecular flexibility index (Phi) is 4.55. The fourth-order valence-corrected chi connectivity index (χ4v) is 2.80. The standard InChI is InChI=1S/C15H22FNO2/c1-15(11-18)7-4-8-17(10-15)9-14(19)12-5-2-3-6-13(12)16/h2-3,5-6,14,18-19H,4,7-11H2,1H3/t14-,15-/m0/s1. The molecule has 2 rings (SSSR count). The van der Waals surface area contributed by atoms with Gasteiger partial charge in [0.1, 0.15) is 5.82 Å². The van der Waals surface area contributed by atoms with Crippen LogP contribution in [-0.2, 0) is 0 Å². The van der Waals surface area contributed by atoms with Gasteiger partial charge in [-0.15, -0.1) is 0 Å². The molecule has 1 fully saturated rings. The molecule has 19 heavy (non-hydrogen) atoms. The van der Waals surface area contributed by atoms with Crippen molar-refractivity contribution < 1.29 is 14.6 Å². The fourth-order valence-electron chi connectivity index (χ4n) is 2.80. The molecule has 0 amide bonds. The van der Waals surface area contributed by atoms with Crippen molar-refractivity contribution in [1.29, 1.82) is 0 Å². The Balaban J connectivity index is 1.99. The van der Waals surface area contributed by atoms with Gasteiger partial charge in [-0.25, -0.2) is 4.39 Å². The monoisotopic (exact) mass is 267 g/mol. The summed E-state index contributed by atoms with van der Waals surface area (Å²) < 4.78 is 13.6. The molecular formula is C15H22FNO2. The molecule has 1 aliphatic heterocycles. The summed E-state index contributed by atoms with van der Waals surface area (Å²) >= 11 is 0. The lowest BCUT2D eigenvalue weighted by Gasteiger charge is -2.40. The highest BCUT2D eigenvalue weighted by molar-refractivity contribution is 5.20. The minimum Gasteiger partial charge on any atom is -0.396 e. The van der Waals surface area contributed by atoms with Gasteiger partial charge in [-0.1, -0.05) is 25.1 Å². The largest absolute Gasteiger partial charge is 0.396 e. The zero-order valence-corrected chi connectivity index (χ0v) is 11.3. The lowest BCUT2D eigenvalue weighted by Crippen LogP contribution is -2.45. The second-order valence-electron chi connectivity index (χ2n) is 5.84. The van der Waals surface area contributed by atoms with Gasteiger partial charge in [0.25, 0.3) is 0 Å². The lowest BCUT2D eigenvalue weighted by molar-refractivity contribution is 0.0204. The van der Waals surface area contributed by atoms with Gasteiger partial charge in [-0.05, 0) is 25.5 Å². The molecule has 0 radical (unpaired) electrons. The highest BCUT2D eigenvalue weighted by atomic mass is 19.1. The third-order valence-electron chi connectivity index (χ3n) is 3.94. The van der Waals surface area contributed by atoms with Gasteiger partial charge in [-0.2, -0.15) is 0 Å². The summed E-state index contributed by atoms with van der Waals surface area (Å²) in [6, 6.07) is 6.34. The number of β-amino-alcohol motifs (C(OH)–C–C–N with tert-alkyl or cyclic N) is 1. The highest BCUT2D eigenvalue weighted by Crippen LogP contribution is 2.30. The third kappa shape index (κ3) is 3.53. The Morgan fingerprint density at radius 2 is 2.16 bits per heavy atom. The first kappa shape index (κ1) is 14.4. The number of likely N-dealkylation sites (tertiary alicyclic amines) is 1. The Morgan fingerprint density at radius 1 is 1.42 bits per heavy atom. The van der Waals surface area contributed by atoms with E-state index in [-0.39, 0.29) is 17.8 Å². The van der Waals surface area contributed by atoms with Gasteiger partial charge >= 0.3 is 0 Å². The molecular weight excluding hydrogens is 245 g/mol. The molecule has 1 aliphatic rings. The molecule has 4 heteroatoms. The van der Waals surface area contributed by atoms with Crippen molar-refractivity contribution in [1.82, 2.24) is 4.90 Å². The van der Waals surface area contributed by atoms with Crippen molar-refractivity contribution in [2.24, 2.45) is 5.41 Å². The summed E-state index contributed by atoms with van der Waals surface area (Å²) in [6.45, 7) is 4.25. The number of rotatable bonds is 4. The number of hydrogen-bond acceptors (Lipinski definition) is 3. The van der Waals surface area contributed by atoms with Crippen molar-refractivity contribution in [2.75, 3.05) is 26.2 Å². The van der Waals surface area contributed by atoms with Crippen molar-refractivity contribution in [3.63, 3.8) is 0 Å². The molecule has 0 aromatic heterocycles. The number of nitrogens with zero attached hydrogens (tertiary/aromatic N) is 1. The topological polar surface area (TPSA) is 43.7 Å². The van der Waals surface area contributed by atoms with Gasteiger partial charge in [0, 0.05) is 30.7 Å². The number of piperidine rings is 1. The third-order valence-corrected chi connectivity index (χ3v) is 3.94. The summed E-state index contributed by atoms with van der Waals surface area (Å²) in [5.74, 6) is -0.364.